The van der Waals surface area contributed by atoms with Gasteiger partial charge in [-0.05, 0) is 30.3 Å². The molecule has 0 aliphatic heterocycles. The molecule has 1 amide bonds. The first-order valence-electron chi connectivity index (χ1n) is 7.11. The highest BCUT2D eigenvalue weighted by Gasteiger charge is 2.04. The second kappa shape index (κ2) is 6.99. The first-order valence-corrected chi connectivity index (χ1v) is 7.49. The summed E-state index contributed by atoms with van der Waals surface area (Å²) >= 11 is 6.00. The molecule has 1 N–H and O–H groups in total. The number of hydrogen-bond acceptors (Lipinski definition) is 2. The number of para-hydroxylation sites is 1. The Hall–Kier alpha value is -2.78. The van der Waals surface area contributed by atoms with E-state index >= 15 is 0 Å². The molecule has 1 heterocycles. The van der Waals surface area contributed by atoms with Crippen LogP contribution in [0.2, 0.25) is 5.02 Å². The molecule has 23 heavy (non-hydrogen) atoms. The Morgan fingerprint density at radius 3 is 2.48 bits per heavy atom. The van der Waals surface area contributed by atoms with Crippen LogP contribution in [0.3, 0.4) is 0 Å². The van der Waals surface area contributed by atoms with Crippen LogP contribution in [0.15, 0.2) is 77.2 Å². The highest BCUT2D eigenvalue weighted by molar-refractivity contribution is 6.33. The minimum absolute atomic E-state index is 0.268. The summed E-state index contributed by atoms with van der Waals surface area (Å²) in [5.41, 5.74) is 1.57. The van der Waals surface area contributed by atoms with Gasteiger partial charge in [0.2, 0.25) is 5.91 Å². The zero-order valence-electron chi connectivity index (χ0n) is 12.2. The quantitative estimate of drug-likeness (QED) is 0.666. The van der Waals surface area contributed by atoms with E-state index < -0.39 is 0 Å². The van der Waals surface area contributed by atoms with Crippen molar-refractivity contribution in [2.24, 2.45) is 0 Å². The third-order valence-electron chi connectivity index (χ3n) is 3.22. The Morgan fingerprint density at radius 1 is 0.957 bits per heavy atom. The topological polar surface area (TPSA) is 42.2 Å². The number of nitrogens with one attached hydrogen (secondary N) is 1. The summed E-state index contributed by atoms with van der Waals surface area (Å²) in [6.07, 6.45) is 3.04. The van der Waals surface area contributed by atoms with Gasteiger partial charge < -0.3 is 9.73 Å². The third kappa shape index (κ3) is 3.90. The number of carbonyl (C=O) groups is 1. The molecular weight excluding hydrogens is 310 g/mol. The molecular formula is C19H14ClNO2. The highest BCUT2D eigenvalue weighted by Crippen LogP contribution is 2.23. The second-order valence-electron chi connectivity index (χ2n) is 4.87. The first-order chi connectivity index (χ1) is 11.2. The van der Waals surface area contributed by atoms with Crippen LogP contribution in [-0.2, 0) is 4.79 Å². The number of carbonyl (C=O) groups excluding carboxylic acids is 1. The van der Waals surface area contributed by atoms with E-state index in [1.165, 1.54) is 6.08 Å². The summed E-state index contributed by atoms with van der Waals surface area (Å²) in [7, 11) is 0. The van der Waals surface area contributed by atoms with Crippen molar-refractivity contribution in [3.63, 3.8) is 0 Å². The maximum atomic E-state index is 11.9. The number of amides is 1. The van der Waals surface area contributed by atoms with E-state index in [2.05, 4.69) is 5.32 Å². The SMILES string of the molecule is O=C(/C=C/c1ccc(-c2ccccc2)o1)Nc1ccccc1Cl. The van der Waals surface area contributed by atoms with Gasteiger partial charge in [0.15, 0.2) is 0 Å². The lowest BCUT2D eigenvalue weighted by Crippen LogP contribution is -2.07. The van der Waals surface area contributed by atoms with E-state index in [0.29, 0.717) is 16.5 Å². The lowest BCUT2D eigenvalue weighted by atomic mass is 10.2. The molecule has 3 nitrogen and oxygen atoms in total. The van der Waals surface area contributed by atoms with Gasteiger partial charge in [0.1, 0.15) is 11.5 Å². The van der Waals surface area contributed by atoms with Gasteiger partial charge in [-0.2, -0.15) is 0 Å². The van der Waals surface area contributed by atoms with Gasteiger partial charge in [-0.15, -0.1) is 0 Å². The van der Waals surface area contributed by atoms with E-state index in [4.69, 9.17) is 16.0 Å². The molecule has 0 fully saturated rings. The first kappa shape index (κ1) is 15.1. The fraction of sp³-hybridized carbons (Fsp3) is 0. The van der Waals surface area contributed by atoms with Crippen molar-refractivity contribution in [3.8, 4) is 11.3 Å². The van der Waals surface area contributed by atoms with E-state index in [-0.39, 0.29) is 5.91 Å². The summed E-state index contributed by atoms with van der Waals surface area (Å²) < 4.78 is 5.70. The van der Waals surface area contributed by atoms with Gasteiger partial charge in [-0.25, -0.2) is 0 Å². The number of anilines is 1. The van der Waals surface area contributed by atoms with Crippen LogP contribution in [0.4, 0.5) is 5.69 Å². The van der Waals surface area contributed by atoms with Gasteiger partial charge >= 0.3 is 0 Å². The molecule has 3 aromatic rings. The van der Waals surface area contributed by atoms with Crippen molar-refractivity contribution < 1.29 is 9.21 Å². The molecule has 4 heteroatoms. The highest BCUT2D eigenvalue weighted by atomic mass is 35.5. The van der Waals surface area contributed by atoms with E-state index in [9.17, 15) is 4.79 Å². The summed E-state index contributed by atoms with van der Waals surface area (Å²) in [6.45, 7) is 0. The zero-order valence-corrected chi connectivity index (χ0v) is 13.0. The lowest BCUT2D eigenvalue weighted by molar-refractivity contribution is -0.111. The molecule has 0 radical (unpaired) electrons. The summed E-state index contributed by atoms with van der Waals surface area (Å²) in [4.78, 5) is 11.9. The molecule has 1 aromatic heterocycles. The molecule has 0 saturated carbocycles. The third-order valence-corrected chi connectivity index (χ3v) is 3.55. The standard InChI is InChI=1S/C19H14ClNO2/c20-16-8-4-5-9-17(16)21-19(22)13-11-15-10-12-18(23-15)14-6-2-1-3-7-14/h1-13H,(H,21,22)/b13-11+. The predicted molar refractivity (Wildman–Crippen MR) is 93.3 cm³/mol. The molecule has 0 unspecified atom stereocenters. The molecule has 114 valence electrons. The van der Waals surface area contributed by atoms with Crippen LogP contribution < -0.4 is 5.32 Å². The molecule has 3 rings (SSSR count). The zero-order chi connectivity index (χ0) is 16.1. The number of hydrogen-bond donors (Lipinski definition) is 1. The normalized spacial score (nSPS) is 10.8. The van der Waals surface area contributed by atoms with Crippen molar-refractivity contribution in [3.05, 3.63) is 83.6 Å². The molecule has 0 aliphatic carbocycles. The van der Waals surface area contributed by atoms with Crippen LogP contribution in [0, 0.1) is 0 Å². The summed E-state index contributed by atoms with van der Waals surface area (Å²) in [5.74, 6) is 1.10. The average Bonchev–Trinajstić information content (AvgIpc) is 3.05. The Kier molecular flexibility index (Phi) is 4.60. The lowest BCUT2D eigenvalue weighted by Gasteiger charge is -2.03. The number of benzene rings is 2. The minimum atomic E-state index is -0.268. The fourth-order valence-electron chi connectivity index (χ4n) is 2.09. The van der Waals surface area contributed by atoms with Crippen molar-refractivity contribution in [1.29, 1.82) is 0 Å². The van der Waals surface area contributed by atoms with Gasteiger partial charge in [-0.3, -0.25) is 4.79 Å². The summed E-state index contributed by atoms with van der Waals surface area (Å²) in [6, 6.07) is 20.6. The minimum Gasteiger partial charge on any atom is -0.457 e. The predicted octanol–water partition coefficient (Wildman–Crippen LogP) is 5.25. The molecule has 2 aromatic carbocycles. The van der Waals surface area contributed by atoms with Crippen LogP contribution in [0.1, 0.15) is 5.76 Å². The Balaban J connectivity index is 1.68. The molecule has 0 saturated heterocycles. The van der Waals surface area contributed by atoms with Crippen molar-refractivity contribution in [2.75, 3.05) is 5.32 Å². The van der Waals surface area contributed by atoms with Crippen LogP contribution in [0.5, 0.6) is 0 Å². The molecule has 0 atom stereocenters. The number of rotatable bonds is 4. The Labute approximate surface area is 139 Å². The van der Waals surface area contributed by atoms with Gasteiger partial charge in [0.05, 0.1) is 10.7 Å². The van der Waals surface area contributed by atoms with Crippen molar-refractivity contribution >= 4 is 29.3 Å². The monoisotopic (exact) mass is 323 g/mol. The van der Waals surface area contributed by atoms with E-state index in [1.807, 2.05) is 54.6 Å². The second-order valence-corrected chi connectivity index (χ2v) is 5.28. The molecule has 0 spiro atoms. The van der Waals surface area contributed by atoms with Crippen LogP contribution >= 0.6 is 11.6 Å². The summed E-state index contributed by atoms with van der Waals surface area (Å²) in [5, 5.41) is 3.22. The van der Waals surface area contributed by atoms with Gasteiger partial charge in [0, 0.05) is 11.6 Å². The number of furan rings is 1. The Bertz CT molecular complexity index is 837. The van der Waals surface area contributed by atoms with Crippen molar-refractivity contribution in [1.82, 2.24) is 0 Å². The fourth-order valence-corrected chi connectivity index (χ4v) is 2.28. The molecule has 0 bridgehead atoms. The molecule has 0 aliphatic rings. The smallest absolute Gasteiger partial charge is 0.248 e. The Morgan fingerprint density at radius 2 is 1.70 bits per heavy atom. The number of halogens is 1. The van der Waals surface area contributed by atoms with E-state index in [0.717, 1.165) is 11.3 Å². The maximum Gasteiger partial charge on any atom is 0.248 e. The van der Waals surface area contributed by atoms with Gasteiger partial charge in [-0.1, -0.05) is 54.1 Å². The van der Waals surface area contributed by atoms with Crippen LogP contribution in [0.25, 0.3) is 17.4 Å². The maximum absolute atomic E-state index is 11.9. The van der Waals surface area contributed by atoms with E-state index in [1.54, 1.807) is 18.2 Å². The van der Waals surface area contributed by atoms with Crippen LogP contribution in [-0.4, -0.2) is 5.91 Å². The van der Waals surface area contributed by atoms with Gasteiger partial charge in [0.25, 0.3) is 0 Å². The van der Waals surface area contributed by atoms with Crippen molar-refractivity contribution in [2.45, 2.75) is 0 Å². The average molecular weight is 324 g/mol. The largest absolute Gasteiger partial charge is 0.457 e.